The van der Waals surface area contributed by atoms with E-state index < -0.39 is 11.1 Å². The summed E-state index contributed by atoms with van der Waals surface area (Å²) in [4.78, 5) is 25.8. The van der Waals surface area contributed by atoms with Gasteiger partial charge in [-0.3, -0.25) is 19.8 Å². The third kappa shape index (κ3) is 3.50. The van der Waals surface area contributed by atoms with Gasteiger partial charge in [-0.1, -0.05) is 24.3 Å². The number of hydrogen-bond donors (Lipinski definition) is 1. The number of ether oxygens (including phenoxy) is 1. The van der Waals surface area contributed by atoms with Crippen LogP contribution in [0.25, 0.3) is 0 Å². The fourth-order valence-electron chi connectivity index (χ4n) is 3.43. The molecule has 29 heavy (non-hydrogen) atoms. The van der Waals surface area contributed by atoms with Gasteiger partial charge in [0.2, 0.25) is 0 Å². The Morgan fingerprint density at radius 3 is 2.55 bits per heavy atom. The molecule has 0 saturated heterocycles. The zero-order chi connectivity index (χ0) is 20.4. The van der Waals surface area contributed by atoms with Gasteiger partial charge in [-0.05, 0) is 43.3 Å². The number of hydrogen-bond acceptors (Lipinski definition) is 5. The molecule has 1 atom stereocenters. The van der Waals surface area contributed by atoms with E-state index in [4.69, 9.17) is 4.74 Å². The lowest BCUT2D eigenvalue weighted by Crippen LogP contribution is -2.43. The first-order valence-electron chi connectivity index (χ1n) is 9.25. The second-order valence-electron chi connectivity index (χ2n) is 6.55. The molecule has 0 aliphatic carbocycles. The molecule has 1 N–H and O–H groups in total. The molecule has 146 valence electrons. The largest absolute Gasteiger partial charge is 0.494 e. The molecular weight excluding hydrogens is 370 g/mol. The number of nitrogens with one attached hydrogen (secondary N) is 1. The van der Waals surface area contributed by atoms with Crippen molar-refractivity contribution in [2.45, 2.75) is 13.1 Å². The number of anilines is 2. The number of benzene rings is 3. The number of amides is 1. The van der Waals surface area contributed by atoms with E-state index in [2.05, 4.69) is 5.32 Å². The number of non-ortho nitro benzene ring substituents is 1. The lowest BCUT2D eigenvalue weighted by atomic mass is 10.0. The SMILES string of the molecule is CCOc1ccc(N2C(=O)c3ccccc3N[C@@H]2c2cccc([N+](=O)[O-])c2)cc1. The highest BCUT2D eigenvalue weighted by molar-refractivity contribution is 6.12. The molecule has 3 aromatic carbocycles. The standard InChI is InChI=1S/C22H19N3O4/c1-2-29-18-12-10-16(11-13-18)24-21(15-6-5-7-17(14-15)25(27)28)23-20-9-4-3-8-19(20)22(24)26/h3-14,21,23H,2H2,1H3/t21-/m0/s1. The van der Waals surface area contributed by atoms with Crippen molar-refractivity contribution in [3.05, 3.63) is 94.0 Å². The maximum atomic E-state index is 13.4. The summed E-state index contributed by atoms with van der Waals surface area (Å²) in [5.74, 6) is 0.529. The Bertz CT molecular complexity index is 1070. The Labute approximate surface area is 167 Å². The van der Waals surface area contributed by atoms with E-state index in [1.54, 1.807) is 35.2 Å². The molecule has 7 heteroatoms. The van der Waals surface area contributed by atoms with Gasteiger partial charge >= 0.3 is 0 Å². The number of fused-ring (bicyclic) bond motifs is 1. The number of nitro benzene ring substituents is 1. The highest BCUT2D eigenvalue weighted by atomic mass is 16.6. The summed E-state index contributed by atoms with van der Waals surface area (Å²) in [7, 11) is 0. The van der Waals surface area contributed by atoms with Crippen LogP contribution in [0.15, 0.2) is 72.8 Å². The number of nitrogens with zero attached hydrogens (tertiary/aromatic N) is 2. The molecule has 1 heterocycles. The van der Waals surface area contributed by atoms with Gasteiger partial charge in [0.1, 0.15) is 11.9 Å². The summed E-state index contributed by atoms with van der Waals surface area (Å²) in [6.45, 7) is 2.45. The molecule has 7 nitrogen and oxygen atoms in total. The second kappa shape index (κ2) is 7.63. The third-order valence-electron chi connectivity index (χ3n) is 4.75. The minimum Gasteiger partial charge on any atom is -0.494 e. The minimum atomic E-state index is -0.588. The van der Waals surface area contributed by atoms with Gasteiger partial charge in [-0.15, -0.1) is 0 Å². The van der Waals surface area contributed by atoms with Crippen LogP contribution in [0.3, 0.4) is 0 Å². The molecule has 0 fully saturated rings. The van der Waals surface area contributed by atoms with E-state index in [1.807, 2.05) is 37.3 Å². The highest BCUT2D eigenvalue weighted by Crippen LogP contribution is 2.37. The Morgan fingerprint density at radius 2 is 1.83 bits per heavy atom. The van der Waals surface area contributed by atoms with Crippen molar-refractivity contribution < 1.29 is 14.5 Å². The summed E-state index contributed by atoms with van der Waals surface area (Å²) in [6, 6.07) is 20.8. The molecule has 4 rings (SSSR count). The molecule has 0 bridgehead atoms. The van der Waals surface area contributed by atoms with E-state index in [1.165, 1.54) is 12.1 Å². The fraction of sp³-hybridized carbons (Fsp3) is 0.136. The average Bonchev–Trinajstić information content (AvgIpc) is 2.75. The van der Waals surface area contributed by atoms with Crippen molar-refractivity contribution in [2.24, 2.45) is 0 Å². The molecular formula is C22H19N3O4. The van der Waals surface area contributed by atoms with Gasteiger partial charge < -0.3 is 10.1 Å². The Morgan fingerprint density at radius 1 is 1.07 bits per heavy atom. The van der Waals surface area contributed by atoms with Crippen LogP contribution in [0.2, 0.25) is 0 Å². The van der Waals surface area contributed by atoms with Gasteiger partial charge in [0.25, 0.3) is 11.6 Å². The monoisotopic (exact) mass is 389 g/mol. The predicted octanol–water partition coefficient (Wildman–Crippen LogP) is 4.76. The number of carbonyl (C=O) groups is 1. The van der Waals surface area contributed by atoms with Crippen molar-refractivity contribution in [3.8, 4) is 5.75 Å². The Hall–Kier alpha value is -3.87. The molecule has 0 radical (unpaired) electrons. The van der Waals surface area contributed by atoms with Gasteiger partial charge in [0.15, 0.2) is 0 Å². The Kier molecular flexibility index (Phi) is 4.87. The van der Waals surface area contributed by atoms with Crippen molar-refractivity contribution >= 4 is 23.0 Å². The first-order chi connectivity index (χ1) is 14.1. The molecule has 1 amide bonds. The summed E-state index contributed by atoms with van der Waals surface area (Å²) < 4.78 is 5.49. The van der Waals surface area contributed by atoms with Gasteiger partial charge in [0.05, 0.1) is 17.1 Å². The van der Waals surface area contributed by atoms with E-state index in [9.17, 15) is 14.9 Å². The minimum absolute atomic E-state index is 0.0257. The summed E-state index contributed by atoms with van der Waals surface area (Å²) >= 11 is 0. The van der Waals surface area contributed by atoms with Gasteiger partial charge in [0, 0.05) is 29.1 Å². The molecule has 0 aromatic heterocycles. The molecule has 1 aliphatic heterocycles. The van der Waals surface area contributed by atoms with Crippen LogP contribution < -0.4 is 15.0 Å². The van der Waals surface area contributed by atoms with Crippen molar-refractivity contribution in [1.82, 2.24) is 0 Å². The van der Waals surface area contributed by atoms with E-state index in [0.717, 1.165) is 0 Å². The predicted molar refractivity (Wildman–Crippen MR) is 110 cm³/mol. The number of carbonyl (C=O) groups excluding carboxylic acids is 1. The normalized spacial score (nSPS) is 15.4. The summed E-state index contributed by atoms with van der Waals surface area (Å²) in [6.07, 6.45) is -0.588. The van der Waals surface area contributed by atoms with Crippen molar-refractivity contribution in [3.63, 3.8) is 0 Å². The maximum Gasteiger partial charge on any atom is 0.269 e. The molecule has 0 saturated carbocycles. The second-order valence-corrected chi connectivity index (χ2v) is 6.55. The zero-order valence-electron chi connectivity index (χ0n) is 15.7. The first-order valence-corrected chi connectivity index (χ1v) is 9.25. The lowest BCUT2D eigenvalue weighted by molar-refractivity contribution is -0.384. The van der Waals surface area contributed by atoms with Crippen LogP contribution in [-0.2, 0) is 0 Å². The van der Waals surface area contributed by atoms with Gasteiger partial charge in [-0.25, -0.2) is 0 Å². The molecule has 1 aliphatic rings. The maximum absolute atomic E-state index is 13.4. The van der Waals surface area contributed by atoms with E-state index in [-0.39, 0.29) is 11.6 Å². The topological polar surface area (TPSA) is 84.7 Å². The van der Waals surface area contributed by atoms with Crippen LogP contribution in [0.4, 0.5) is 17.1 Å². The molecule has 0 unspecified atom stereocenters. The summed E-state index contributed by atoms with van der Waals surface area (Å²) in [5.41, 5.74) is 2.49. The number of rotatable bonds is 5. The quantitative estimate of drug-likeness (QED) is 0.502. The van der Waals surface area contributed by atoms with Gasteiger partial charge in [-0.2, -0.15) is 0 Å². The third-order valence-corrected chi connectivity index (χ3v) is 4.75. The van der Waals surface area contributed by atoms with Crippen molar-refractivity contribution in [2.75, 3.05) is 16.8 Å². The van der Waals surface area contributed by atoms with Crippen molar-refractivity contribution in [1.29, 1.82) is 0 Å². The first kappa shape index (κ1) is 18.5. The van der Waals surface area contributed by atoms with Crippen LogP contribution in [0.5, 0.6) is 5.75 Å². The highest BCUT2D eigenvalue weighted by Gasteiger charge is 2.34. The Balaban J connectivity index is 1.81. The van der Waals surface area contributed by atoms with E-state index >= 15 is 0 Å². The van der Waals surface area contributed by atoms with Crippen LogP contribution >= 0.6 is 0 Å². The van der Waals surface area contributed by atoms with E-state index in [0.29, 0.717) is 34.9 Å². The fourth-order valence-corrected chi connectivity index (χ4v) is 3.43. The van der Waals surface area contributed by atoms with Crippen LogP contribution in [0.1, 0.15) is 29.0 Å². The van der Waals surface area contributed by atoms with Crippen LogP contribution in [0, 0.1) is 10.1 Å². The molecule has 0 spiro atoms. The van der Waals surface area contributed by atoms with Crippen LogP contribution in [-0.4, -0.2) is 17.4 Å². The zero-order valence-corrected chi connectivity index (χ0v) is 15.7. The summed E-state index contributed by atoms with van der Waals surface area (Å²) in [5, 5.41) is 14.6. The number of nitro groups is 1. The number of para-hydroxylation sites is 1. The lowest BCUT2D eigenvalue weighted by Gasteiger charge is -2.38. The smallest absolute Gasteiger partial charge is 0.269 e. The molecule has 3 aromatic rings. The average molecular weight is 389 g/mol.